The van der Waals surface area contributed by atoms with E-state index in [0.717, 1.165) is 0 Å². The lowest BCUT2D eigenvalue weighted by atomic mass is 9.62. The first-order chi connectivity index (χ1) is 18.9. The maximum Gasteiger partial charge on any atom is 0.255 e. The highest BCUT2D eigenvalue weighted by Gasteiger charge is 2.64. The number of hydrogen-bond donors (Lipinski definition) is 5. The quantitative estimate of drug-likeness (QED) is 0.347. The molecule has 1 amide bonds. The molecule has 6 N–H and O–H groups in total. The van der Waals surface area contributed by atoms with E-state index < -0.39 is 69.6 Å². The second-order valence-electron chi connectivity index (χ2n) is 10.2. The number of primary amides is 1. The summed E-state index contributed by atoms with van der Waals surface area (Å²) in [6.07, 6.45) is 0.215. The van der Waals surface area contributed by atoms with Crippen molar-refractivity contribution < 1.29 is 44.3 Å². The number of ether oxygens (including phenoxy) is 2. The van der Waals surface area contributed by atoms with Crippen molar-refractivity contribution >= 4 is 23.5 Å². The summed E-state index contributed by atoms with van der Waals surface area (Å²) in [5.74, 6) is -6.22. The molecule has 11 nitrogen and oxygen atoms in total. The Balaban J connectivity index is 1.73. The Morgan fingerprint density at radius 1 is 1.18 bits per heavy atom. The molecule has 1 heterocycles. The van der Waals surface area contributed by atoms with Crippen LogP contribution in [-0.2, 0) is 9.59 Å². The van der Waals surface area contributed by atoms with Crippen LogP contribution in [0.25, 0.3) is 17.2 Å². The molecule has 40 heavy (non-hydrogen) atoms. The Bertz CT molecular complexity index is 1570. The maximum atomic E-state index is 13.9. The molecular formula is C29H28N2O9. The van der Waals surface area contributed by atoms with Gasteiger partial charge in [0.15, 0.2) is 5.60 Å². The maximum absolute atomic E-state index is 13.9. The monoisotopic (exact) mass is 548 g/mol. The zero-order valence-electron chi connectivity index (χ0n) is 22.0. The van der Waals surface area contributed by atoms with Crippen LogP contribution in [0.15, 0.2) is 59.6 Å². The molecule has 0 saturated carbocycles. The van der Waals surface area contributed by atoms with Crippen molar-refractivity contribution in [3.05, 3.63) is 70.7 Å². The van der Waals surface area contributed by atoms with E-state index in [2.05, 4.69) is 6.58 Å². The summed E-state index contributed by atoms with van der Waals surface area (Å²) in [4.78, 5) is 40.8. The van der Waals surface area contributed by atoms with Crippen LogP contribution in [0, 0.1) is 5.92 Å². The number of Topliss-reactive ketones (excluding diaryl/α,β-unsaturated/α-hetero) is 2. The molecule has 3 aliphatic rings. The minimum Gasteiger partial charge on any atom is -0.510 e. The van der Waals surface area contributed by atoms with Crippen LogP contribution in [0.3, 0.4) is 0 Å². The molecular weight excluding hydrogens is 520 g/mol. The van der Waals surface area contributed by atoms with Crippen molar-refractivity contribution in [1.29, 1.82) is 0 Å². The molecule has 2 aromatic carbocycles. The summed E-state index contributed by atoms with van der Waals surface area (Å²) < 4.78 is 11.6. The minimum absolute atomic E-state index is 0.0337. The van der Waals surface area contributed by atoms with Crippen LogP contribution in [0.5, 0.6) is 17.2 Å². The molecule has 0 radical (unpaired) electrons. The van der Waals surface area contributed by atoms with Gasteiger partial charge in [-0.25, -0.2) is 0 Å². The molecule has 0 aromatic heterocycles. The van der Waals surface area contributed by atoms with Gasteiger partial charge in [0.1, 0.15) is 46.0 Å². The van der Waals surface area contributed by atoms with Gasteiger partial charge < -0.3 is 35.6 Å². The molecule has 208 valence electrons. The first kappa shape index (κ1) is 27.0. The Labute approximate surface area is 229 Å². The number of ketones is 2. The Morgan fingerprint density at radius 2 is 1.85 bits per heavy atom. The number of likely N-dealkylation sites (N-methyl/N-ethyl adjacent to an activating group) is 1. The van der Waals surface area contributed by atoms with Crippen molar-refractivity contribution in [3.8, 4) is 28.4 Å². The number of amides is 1. The molecule has 11 heteroatoms. The molecule has 1 aliphatic heterocycles. The Kier molecular flexibility index (Phi) is 6.24. The highest BCUT2D eigenvalue weighted by atomic mass is 16.5. The number of fused-ring (bicyclic) bond motifs is 3. The van der Waals surface area contributed by atoms with E-state index in [1.807, 2.05) is 0 Å². The number of carbonyl (C=O) groups is 3. The van der Waals surface area contributed by atoms with E-state index in [-0.39, 0.29) is 17.7 Å². The van der Waals surface area contributed by atoms with Gasteiger partial charge in [-0.15, -0.1) is 0 Å². The molecule has 0 saturated heterocycles. The van der Waals surface area contributed by atoms with Crippen molar-refractivity contribution in [3.63, 3.8) is 0 Å². The van der Waals surface area contributed by atoms with Gasteiger partial charge in [-0.3, -0.25) is 19.3 Å². The van der Waals surface area contributed by atoms with Crippen LogP contribution >= 0.6 is 0 Å². The van der Waals surface area contributed by atoms with Gasteiger partial charge in [-0.05, 0) is 62.0 Å². The average molecular weight is 549 g/mol. The molecule has 2 aliphatic carbocycles. The van der Waals surface area contributed by atoms with Gasteiger partial charge in [0.2, 0.25) is 11.6 Å². The lowest BCUT2D eigenvalue weighted by Crippen LogP contribution is -2.64. The van der Waals surface area contributed by atoms with Crippen LogP contribution in [-0.4, -0.2) is 81.8 Å². The van der Waals surface area contributed by atoms with E-state index in [4.69, 9.17) is 15.2 Å². The minimum atomic E-state index is -2.76. The molecule has 2 aromatic rings. The Hall–Kier alpha value is -4.61. The lowest BCUT2D eigenvalue weighted by molar-refractivity contribution is -0.149. The van der Waals surface area contributed by atoms with Crippen molar-refractivity contribution in [2.45, 2.75) is 24.2 Å². The second kappa shape index (κ2) is 9.25. The summed E-state index contributed by atoms with van der Waals surface area (Å²) in [6, 6.07) is 6.94. The number of nitrogens with two attached hydrogens (primary N) is 1. The third-order valence-corrected chi connectivity index (χ3v) is 7.87. The number of benzene rings is 2. The normalized spacial score (nSPS) is 25.7. The smallest absolute Gasteiger partial charge is 0.255 e. The number of phenols is 1. The van der Waals surface area contributed by atoms with Gasteiger partial charge in [-0.2, -0.15) is 0 Å². The number of nitrogens with zero attached hydrogens (tertiary/aromatic N) is 1. The van der Waals surface area contributed by atoms with Gasteiger partial charge in [0.25, 0.3) is 5.91 Å². The van der Waals surface area contributed by atoms with Crippen molar-refractivity contribution in [1.82, 2.24) is 4.90 Å². The van der Waals surface area contributed by atoms with E-state index in [0.29, 0.717) is 22.4 Å². The predicted molar refractivity (Wildman–Crippen MR) is 143 cm³/mol. The highest BCUT2D eigenvalue weighted by Crippen LogP contribution is 2.52. The molecule has 5 rings (SSSR count). The second-order valence-corrected chi connectivity index (χ2v) is 10.2. The highest BCUT2D eigenvalue weighted by molar-refractivity contribution is 6.25. The standard InChI is InChI=1S/C29H28N2O9/c1-5-12-10-13(39-4)6-7-14(12)15-8-9-17(32)19-23(33)20-18(40-25(15)19)11-16-22(31(2)3)24(34)21(28(30)37)27(36)29(16,38)26(20)35/h5-10,16,18,22,32,34-35,38H,1,11H2,2-4H3,(H2,30,37)/t16-,18-,22-,29-/m0/s1. The zero-order chi connectivity index (χ0) is 29.3. The number of rotatable bonds is 5. The zero-order valence-corrected chi connectivity index (χ0v) is 22.0. The van der Waals surface area contributed by atoms with E-state index >= 15 is 0 Å². The van der Waals surface area contributed by atoms with Crippen LogP contribution in [0.1, 0.15) is 22.3 Å². The van der Waals surface area contributed by atoms with Gasteiger partial charge >= 0.3 is 0 Å². The number of phenolic OH excluding ortho intramolecular Hbond substituents is 1. The third kappa shape index (κ3) is 3.55. The topological polar surface area (TPSA) is 180 Å². The summed E-state index contributed by atoms with van der Waals surface area (Å²) >= 11 is 0. The van der Waals surface area contributed by atoms with Crippen molar-refractivity contribution in [2.75, 3.05) is 21.2 Å². The number of aliphatic hydroxyl groups excluding tert-OH is 2. The number of carbonyl (C=O) groups excluding carboxylic acids is 3. The fourth-order valence-corrected chi connectivity index (χ4v) is 6.02. The average Bonchev–Trinajstić information content (AvgIpc) is 2.90. The fourth-order valence-electron chi connectivity index (χ4n) is 6.02. The first-order valence-electron chi connectivity index (χ1n) is 12.4. The lowest BCUT2D eigenvalue weighted by Gasteiger charge is -2.49. The molecule has 0 spiro atoms. The third-order valence-electron chi connectivity index (χ3n) is 7.87. The summed E-state index contributed by atoms with van der Waals surface area (Å²) in [7, 11) is 4.61. The summed E-state index contributed by atoms with van der Waals surface area (Å²) in [5.41, 5.74) is 2.74. The first-order valence-corrected chi connectivity index (χ1v) is 12.4. The number of aromatic hydroxyl groups is 1. The Morgan fingerprint density at radius 3 is 2.45 bits per heavy atom. The summed E-state index contributed by atoms with van der Waals surface area (Å²) in [5, 5.41) is 44.6. The largest absolute Gasteiger partial charge is 0.510 e. The number of methoxy groups -OCH3 is 1. The number of aliphatic hydroxyl groups is 3. The van der Waals surface area contributed by atoms with Gasteiger partial charge in [0.05, 0.1) is 18.7 Å². The molecule has 4 atom stereocenters. The van der Waals surface area contributed by atoms with E-state index in [1.54, 1.807) is 44.4 Å². The fraction of sp³-hybridized carbons (Fsp3) is 0.276. The van der Waals surface area contributed by atoms with E-state index in [9.17, 15) is 34.8 Å². The van der Waals surface area contributed by atoms with Crippen molar-refractivity contribution in [2.24, 2.45) is 11.7 Å². The van der Waals surface area contributed by atoms with Crippen LogP contribution in [0.4, 0.5) is 0 Å². The SMILES string of the molecule is C=Cc1cc(OC)ccc1-c1ccc(O)c2c1O[C@H]1C[C@H]3[C@H](N(C)C)C(O)=C(C(N)=O)C(=O)[C@@]3(O)C(O)=C1C2=O. The predicted octanol–water partition coefficient (Wildman–Crippen LogP) is 2.03. The van der Waals surface area contributed by atoms with Gasteiger partial charge in [0, 0.05) is 11.5 Å². The molecule has 0 unspecified atom stereocenters. The molecule has 0 fully saturated rings. The van der Waals surface area contributed by atoms with Gasteiger partial charge in [-0.1, -0.05) is 12.7 Å². The number of hydrogen-bond acceptors (Lipinski definition) is 10. The van der Waals surface area contributed by atoms with Crippen LogP contribution in [0.2, 0.25) is 0 Å². The van der Waals surface area contributed by atoms with E-state index in [1.165, 1.54) is 18.1 Å². The molecule has 0 bridgehead atoms. The van der Waals surface area contributed by atoms with Crippen LogP contribution < -0.4 is 15.2 Å². The summed E-state index contributed by atoms with van der Waals surface area (Å²) in [6.45, 7) is 3.84.